The van der Waals surface area contributed by atoms with E-state index in [1.165, 1.54) is 0 Å². The van der Waals surface area contributed by atoms with Crippen molar-refractivity contribution < 1.29 is 9.84 Å². The minimum atomic E-state index is -0.628. The Kier molecular flexibility index (Phi) is 4.96. The molecule has 1 atom stereocenters. The monoisotopic (exact) mass is 300 g/mol. The molecule has 4 nitrogen and oxygen atoms in total. The molecular weight excluding hydrogens is 287 g/mol. The van der Waals surface area contributed by atoms with Crippen molar-refractivity contribution in [2.75, 3.05) is 18.6 Å². The second kappa shape index (κ2) is 6.70. The van der Waals surface area contributed by atoms with Crippen LogP contribution in [-0.2, 0) is 0 Å². The van der Waals surface area contributed by atoms with E-state index in [0.29, 0.717) is 22.3 Å². The normalized spacial score (nSPS) is 12.2. The van der Waals surface area contributed by atoms with Crippen molar-refractivity contribution in [3.8, 4) is 5.75 Å². The highest BCUT2D eigenvalue weighted by molar-refractivity contribution is 6.42. The van der Waals surface area contributed by atoms with Gasteiger partial charge in [-0.2, -0.15) is 0 Å². The molecule has 6 heteroatoms. The van der Waals surface area contributed by atoms with Gasteiger partial charge >= 0.3 is 0 Å². The van der Waals surface area contributed by atoms with E-state index in [1.54, 1.807) is 22.9 Å². The summed E-state index contributed by atoms with van der Waals surface area (Å²) in [6.45, 7) is 0.558. The van der Waals surface area contributed by atoms with E-state index >= 15 is 0 Å². The molecule has 0 bridgehead atoms. The molecule has 0 saturated carbocycles. The van der Waals surface area contributed by atoms with Crippen LogP contribution in [0, 0.1) is 0 Å². The van der Waals surface area contributed by atoms with Gasteiger partial charge in [0.05, 0.1) is 16.6 Å². The third-order valence-electron chi connectivity index (χ3n) is 2.45. The summed E-state index contributed by atoms with van der Waals surface area (Å²) in [5, 5.41) is 10.7. The number of hydrogen-bond acceptors (Lipinski definition) is 3. The topological polar surface area (TPSA) is 46.4 Å². The van der Waals surface area contributed by atoms with Crippen LogP contribution in [0.5, 0.6) is 5.75 Å². The minimum absolute atomic E-state index is 0.173. The summed E-state index contributed by atoms with van der Waals surface area (Å²) >= 11 is 11.7. The van der Waals surface area contributed by atoms with Crippen LogP contribution in [0.2, 0.25) is 10.0 Å². The molecule has 0 amide bonds. The van der Waals surface area contributed by atoms with Crippen LogP contribution in [0.4, 0.5) is 0 Å². The van der Waals surface area contributed by atoms with Crippen molar-refractivity contribution in [2.45, 2.75) is 6.10 Å². The van der Waals surface area contributed by atoms with Gasteiger partial charge in [-0.1, -0.05) is 23.2 Å². The molecule has 0 aliphatic rings. The van der Waals surface area contributed by atoms with Crippen LogP contribution in [0.25, 0.3) is 0 Å². The number of halogens is 2. The third kappa shape index (κ3) is 4.35. The molecule has 1 aromatic heterocycles. The fourth-order valence-corrected chi connectivity index (χ4v) is 1.76. The van der Waals surface area contributed by atoms with E-state index in [4.69, 9.17) is 27.9 Å². The molecule has 1 aromatic carbocycles. The molecule has 0 aliphatic carbocycles. The fourth-order valence-electron chi connectivity index (χ4n) is 1.47. The number of nitrogens with zero attached hydrogens (tertiary/aromatic N) is 1. The molecule has 0 spiro atoms. The number of rotatable bonds is 6. The van der Waals surface area contributed by atoms with Gasteiger partial charge in [0.2, 0.25) is 0 Å². The Morgan fingerprint density at radius 2 is 1.95 bits per heavy atom. The lowest BCUT2D eigenvalue weighted by Gasteiger charge is -2.14. The minimum Gasteiger partial charge on any atom is -0.491 e. The largest absolute Gasteiger partial charge is 0.491 e. The highest BCUT2D eigenvalue weighted by Crippen LogP contribution is 2.26. The standard InChI is InChI=1S/C13H14Cl2N2O2/c14-12-4-3-11(7-13(12)15)19-9-10(18)8-16-17-5-1-2-6-17/h1-7,10,16,18H,8-9H2. The summed E-state index contributed by atoms with van der Waals surface area (Å²) in [4.78, 5) is 0. The zero-order valence-corrected chi connectivity index (χ0v) is 11.6. The van der Waals surface area contributed by atoms with Crippen molar-refractivity contribution in [2.24, 2.45) is 0 Å². The number of ether oxygens (including phenoxy) is 1. The first kappa shape index (κ1) is 14.1. The first-order chi connectivity index (χ1) is 9.15. The van der Waals surface area contributed by atoms with Crippen molar-refractivity contribution in [1.82, 2.24) is 4.68 Å². The summed E-state index contributed by atoms with van der Waals surface area (Å²) in [5.41, 5.74) is 3.02. The Balaban J connectivity index is 1.76. The lowest BCUT2D eigenvalue weighted by atomic mass is 10.3. The van der Waals surface area contributed by atoms with Crippen LogP contribution in [-0.4, -0.2) is 29.0 Å². The first-order valence-electron chi connectivity index (χ1n) is 5.78. The predicted molar refractivity (Wildman–Crippen MR) is 76.6 cm³/mol. The molecule has 1 unspecified atom stereocenters. The molecule has 102 valence electrons. The maximum Gasteiger partial charge on any atom is 0.121 e. The lowest BCUT2D eigenvalue weighted by Crippen LogP contribution is -2.30. The van der Waals surface area contributed by atoms with Crippen LogP contribution in [0.15, 0.2) is 42.7 Å². The second-order valence-electron chi connectivity index (χ2n) is 3.99. The van der Waals surface area contributed by atoms with Crippen LogP contribution in [0.3, 0.4) is 0 Å². The smallest absolute Gasteiger partial charge is 0.121 e. The maximum atomic E-state index is 9.77. The maximum absolute atomic E-state index is 9.77. The van der Waals surface area contributed by atoms with Crippen molar-refractivity contribution in [3.63, 3.8) is 0 Å². The van der Waals surface area contributed by atoms with Gasteiger partial charge in [0.25, 0.3) is 0 Å². The summed E-state index contributed by atoms with van der Waals surface area (Å²) in [7, 11) is 0. The average Bonchev–Trinajstić information content (AvgIpc) is 2.91. The van der Waals surface area contributed by atoms with Crippen molar-refractivity contribution in [3.05, 3.63) is 52.8 Å². The Morgan fingerprint density at radius 3 is 2.63 bits per heavy atom. The summed E-state index contributed by atoms with van der Waals surface area (Å²) < 4.78 is 7.20. The van der Waals surface area contributed by atoms with Crippen LogP contribution in [0.1, 0.15) is 0 Å². The van der Waals surface area contributed by atoms with E-state index in [9.17, 15) is 5.11 Å². The molecule has 0 saturated heterocycles. The first-order valence-corrected chi connectivity index (χ1v) is 6.53. The molecule has 0 fully saturated rings. The molecule has 2 rings (SSSR count). The zero-order chi connectivity index (χ0) is 13.7. The zero-order valence-electron chi connectivity index (χ0n) is 10.1. The highest BCUT2D eigenvalue weighted by Gasteiger charge is 2.06. The quantitative estimate of drug-likeness (QED) is 0.862. The number of aliphatic hydroxyl groups is 1. The van der Waals surface area contributed by atoms with Gasteiger partial charge in [0.15, 0.2) is 0 Å². The molecule has 1 heterocycles. The number of aliphatic hydroxyl groups excluding tert-OH is 1. The number of benzene rings is 1. The number of hydrogen-bond donors (Lipinski definition) is 2. The van der Waals surface area contributed by atoms with Gasteiger partial charge < -0.3 is 15.3 Å². The van der Waals surface area contributed by atoms with Gasteiger partial charge in [-0.05, 0) is 24.3 Å². The van der Waals surface area contributed by atoms with Crippen LogP contribution >= 0.6 is 23.2 Å². The SMILES string of the molecule is OC(CNn1cccc1)COc1ccc(Cl)c(Cl)c1. The van der Waals surface area contributed by atoms with Crippen molar-refractivity contribution >= 4 is 23.2 Å². The summed E-state index contributed by atoms with van der Waals surface area (Å²) in [6.07, 6.45) is 3.08. The molecule has 0 aliphatic heterocycles. The second-order valence-corrected chi connectivity index (χ2v) is 4.81. The van der Waals surface area contributed by atoms with E-state index in [1.807, 2.05) is 24.5 Å². The summed E-state index contributed by atoms with van der Waals surface area (Å²) in [6, 6.07) is 8.77. The molecule has 19 heavy (non-hydrogen) atoms. The van der Waals surface area contributed by atoms with Crippen molar-refractivity contribution in [1.29, 1.82) is 0 Å². The third-order valence-corrected chi connectivity index (χ3v) is 3.19. The molecule has 0 radical (unpaired) electrons. The predicted octanol–water partition coefficient (Wildman–Crippen LogP) is 2.78. The van der Waals surface area contributed by atoms with E-state index < -0.39 is 6.10 Å². The molecular formula is C13H14Cl2N2O2. The van der Waals surface area contributed by atoms with Gasteiger partial charge in [-0.15, -0.1) is 0 Å². The van der Waals surface area contributed by atoms with E-state index in [0.717, 1.165) is 0 Å². The Hall–Kier alpha value is -1.36. The Labute approximate surface area is 121 Å². The molecule has 2 aromatic rings. The van der Waals surface area contributed by atoms with Gasteiger partial charge in [-0.3, -0.25) is 4.68 Å². The fraction of sp³-hybridized carbons (Fsp3) is 0.231. The molecule has 2 N–H and O–H groups in total. The number of nitrogens with one attached hydrogen (secondary N) is 1. The summed E-state index contributed by atoms with van der Waals surface area (Å²) in [5.74, 6) is 0.578. The van der Waals surface area contributed by atoms with Gasteiger partial charge in [0, 0.05) is 18.5 Å². The van der Waals surface area contributed by atoms with E-state index in [2.05, 4.69) is 5.43 Å². The van der Waals surface area contributed by atoms with Gasteiger partial charge in [0.1, 0.15) is 18.5 Å². The Morgan fingerprint density at radius 1 is 1.21 bits per heavy atom. The van der Waals surface area contributed by atoms with E-state index in [-0.39, 0.29) is 6.61 Å². The lowest BCUT2D eigenvalue weighted by molar-refractivity contribution is 0.115. The van der Waals surface area contributed by atoms with Crippen LogP contribution < -0.4 is 10.2 Å². The number of aromatic nitrogens is 1. The highest BCUT2D eigenvalue weighted by atomic mass is 35.5. The van der Waals surface area contributed by atoms with Gasteiger partial charge in [-0.25, -0.2) is 0 Å². The average molecular weight is 301 g/mol. The Bertz CT molecular complexity index is 517.